The van der Waals surface area contributed by atoms with E-state index in [1.165, 1.54) is 12.8 Å². The van der Waals surface area contributed by atoms with Gasteiger partial charge in [-0.05, 0) is 18.9 Å². The van der Waals surface area contributed by atoms with Crippen molar-refractivity contribution in [3.8, 4) is 5.75 Å². The number of carbonyl (C=O) groups excluding carboxylic acids is 1. The maximum Gasteiger partial charge on any atom is 0.225 e. The predicted octanol–water partition coefficient (Wildman–Crippen LogP) is 3.87. The molecule has 0 aromatic heterocycles. The summed E-state index contributed by atoms with van der Waals surface area (Å²) in [5, 5.41) is 0. The van der Waals surface area contributed by atoms with Gasteiger partial charge in [0.2, 0.25) is 5.91 Å². The predicted molar refractivity (Wildman–Crippen MR) is 78.3 cm³/mol. The van der Waals surface area contributed by atoms with Crippen LogP contribution in [-0.4, -0.2) is 16.5 Å². The Bertz CT molecular complexity index is 500. The summed E-state index contributed by atoms with van der Waals surface area (Å²) in [5.41, 5.74) is 0.757. The third kappa shape index (κ3) is 2.30. The molecule has 1 aromatic rings. The van der Waals surface area contributed by atoms with Gasteiger partial charge in [-0.1, -0.05) is 38.0 Å². The summed E-state index contributed by atoms with van der Waals surface area (Å²) < 4.78 is 6.35. The number of rotatable bonds is 4. The van der Waals surface area contributed by atoms with Crippen molar-refractivity contribution in [1.82, 2.24) is 4.90 Å². The highest BCUT2D eigenvalue weighted by atomic mass is 16.5. The zero-order valence-corrected chi connectivity index (χ0v) is 12.2. The van der Waals surface area contributed by atoms with Gasteiger partial charge < -0.3 is 4.74 Å². The largest absolute Gasteiger partial charge is 0.468 e. The second-order valence-corrected chi connectivity index (χ2v) is 5.95. The Morgan fingerprint density at radius 3 is 3.00 bits per heavy atom. The molecule has 1 atom stereocenters. The van der Waals surface area contributed by atoms with Crippen molar-refractivity contribution in [1.29, 1.82) is 0 Å². The van der Waals surface area contributed by atoms with Crippen LogP contribution in [0.15, 0.2) is 24.3 Å². The Morgan fingerprint density at radius 1 is 1.30 bits per heavy atom. The Hall–Kier alpha value is -1.51. The molecule has 1 unspecified atom stereocenters. The van der Waals surface area contributed by atoms with Crippen molar-refractivity contribution in [3.05, 3.63) is 29.8 Å². The second-order valence-electron chi connectivity index (χ2n) is 5.95. The van der Waals surface area contributed by atoms with Crippen LogP contribution in [-0.2, 0) is 11.3 Å². The van der Waals surface area contributed by atoms with E-state index in [1.54, 1.807) is 0 Å². The summed E-state index contributed by atoms with van der Waals surface area (Å²) in [6.45, 7) is 2.92. The van der Waals surface area contributed by atoms with Gasteiger partial charge in [0, 0.05) is 24.8 Å². The molecule has 1 saturated heterocycles. The Morgan fingerprint density at radius 2 is 2.15 bits per heavy atom. The zero-order chi connectivity index (χ0) is 14.0. The summed E-state index contributed by atoms with van der Waals surface area (Å²) in [7, 11) is 0. The summed E-state index contributed by atoms with van der Waals surface area (Å²) in [5.74, 6) is 1.22. The molecule has 1 fully saturated rings. The van der Waals surface area contributed by atoms with Crippen LogP contribution in [0.2, 0.25) is 0 Å². The van der Waals surface area contributed by atoms with E-state index in [0.29, 0.717) is 13.0 Å². The molecule has 0 bridgehead atoms. The fraction of sp³-hybridized carbons (Fsp3) is 0.588. The van der Waals surface area contributed by atoms with E-state index >= 15 is 0 Å². The summed E-state index contributed by atoms with van der Waals surface area (Å²) in [4.78, 5) is 14.3. The molecule has 0 N–H and O–H groups in total. The number of ether oxygens (including phenoxy) is 1. The monoisotopic (exact) mass is 273 g/mol. The minimum Gasteiger partial charge on any atom is -0.468 e. The standard InChI is InChI=1S/C17H23NO2/c1-2-3-6-11-17-12-7-10-16(19)18(17)13-14-8-4-5-9-15(14)20-17/h4-5,8-9H,2-3,6-7,10-13H2,1H3. The molecule has 0 spiro atoms. The minimum atomic E-state index is -0.376. The van der Waals surface area contributed by atoms with Gasteiger partial charge in [0.15, 0.2) is 5.72 Å². The van der Waals surface area contributed by atoms with Crippen LogP contribution in [0.4, 0.5) is 0 Å². The average Bonchev–Trinajstić information content (AvgIpc) is 2.46. The lowest BCUT2D eigenvalue weighted by Gasteiger charge is -2.50. The maximum absolute atomic E-state index is 12.3. The number of benzene rings is 1. The van der Waals surface area contributed by atoms with Gasteiger partial charge in [0.1, 0.15) is 5.75 Å². The molecule has 0 radical (unpaired) electrons. The number of piperidine rings is 1. The molecule has 1 amide bonds. The van der Waals surface area contributed by atoms with Crippen LogP contribution in [0.25, 0.3) is 0 Å². The van der Waals surface area contributed by atoms with Gasteiger partial charge in [0.25, 0.3) is 0 Å². The zero-order valence-electron chi connectivity index (χ0n) is 12.2. The van der Waals surface area contributed by atoms with Crippen LogP contribution in [0.3, 0.4) is 0 Å². The Labute approximate surface area is 120 Å². The van der Waals surface area contributed by atoms with Crippen molar-refractivity contribution in [2.24, 2.45) is 0 Å². The van der Waals surface area contributed by atoms with Crippen LogP contribution in [0.1, 0.15) is 57.4 Å². The molecule has 3 heteroatoms. The number of carbonyl (C=O) groups is 1. The number of hydrogen-bond donors (Lipinski definition) is 0. The SMILES string of the molecule is CCCCCC12CCCC(=O)N1Cc1ccccc1O2. The van der Waals surface area contributed by atoms with E-state index in [1.807, 2.05) is 23.1 Å². The van der Waals surface area contributed by atoms with Crippen LogP contribution < -0.4 is 4.74 Å². The summed E-state index contributed by atoms with van der Waals surface area (Å²) >= 11 is 0. The normalized spacial score (nSPS) is 24.9. The van der Waals surface area contributed by atoms with Gasteiger partial charge >= 0.3 is 0 Å². The van der Waals surface area contributed by atoms with Crippen LogP contribution >= 0.6 is 0 Å². The lowest BCUT2D eigenvalue weighted by Crippen LogP contribution is -2.59. The third-order valence-corrected chi connectivity index (χ3v) is 4.52. The number of para-hydroxylation sites is 1. The van der Waals surface area contributed by atoms with Crippen molar-refractivity contribution in [2.75, 3.05) is 0 Å². The molecule has 3 nitrogen and oxygen atoms in total. The van der Waals surface area contributed by atoms with E-state index < -0.39 is 0 Å². The summed E-state index contributed by atoms with van der Waals surface area (Å²) in [6.07, 6.45) is 7.07. The first kappa shape index (κ1) is 13.5. The molecular weight excluding hydrogens is 250 g/mol. The Kier molecular flexibility index (Phi) is 3.68. The number of nitrogens with zero attached hydrogens (tertiary/aromatic N) is 1. The molecule has 2 heterocycles. The van der Waals surface area contributed by atoms with Crippen molar-refractivity contribution in [3.63, 3.8) is 0 Å². The summed E-state index contributed by atoms with van der Waals surface area (Å²) in [6, 6.07) is 8.13. The van der Waals surface area contributed by atoms with Gasteiger partial charge in [0.05, 0.1) is 6.54 Å². The first-order valence-electron chi connectivity index (χ1n) is 7.82. The highest BCUT2D eigenvalue weighted by Crippen LogP contribution is 2.42. The van der Waals surface area contributed by atoms with E-state index in [0.717, 1.165) is 37.0 Å². The molecule has 3 rings (SSSR count). The fourth-order valence-electron chi connectivity index (χ4n) is 3.42. The first-order chi connectivity index (χ1) is 9.75. The fourth-order valence-corrected chi connectivity index (χ4v) is 3.42. The molecule has 0 aliphatic carbocycles. The smallest absolute Gasteiger partial charge is 0.225 e. The van der Waals surface area contributed by atoms with Crippen LogP contribution in [0.5, 0.6) is 5.75 Å². The van der Waals surface area contributed by atoms with E-state index in [2.05, 4.69) is 13.0 Å². The van der Waals surface area contributed by atoms with Crippen molar-refractivity contribution < 1.29 is 9.53 Å². The van der Waals surface area contributed by atoms with Crippen molar-refractivity contribution in [2.45, 2.75) is 64.1 Å². The van der Waals surface area contributed by atoms with Gasteiger partial charge in [-0.15, -0.1) is 0 Å². The molecule has 1 aromatic carbocycles. The molecular formula is C17H23NO2. The minimum absolute atomic E-state index is 0.252. The van der Waals surface area contributed by atoms with Gasteiger partial charge in [-0.25, -0.2) is 0 Å². The molecule has 2 aliphatic rings. The lowest BCUT2D eigenvalue weighted by molar-refractivity contribution is -0.172. The Balaban J connectivity index is 1.89. The van der Waals surface area contributed by atoms with Gasteiger partial charge in [-0.2, -0.15) is 0 Å². The number of fused-ring (bicyclic) bond motifs is 2. The van der Waals surface area contributed by atoms with Gasteiger partial charge in [-0.3, -0.25) is 9.69 Å². The average molecular weight is 273 g/mol. The highest BCUT2D eigenvalue weighted by molar-refractivity contribution is 5.78. The van der Waals surface area contributed by atoms with Crippen molar-refractivity contribution >= 4 is 5.91 Å². The number of hydrogen-bond acceptors (Lipinski definition) is 2. The molecule has 108 valence electrons. The van der Waals surface area contributed by atoms with E-state index in [9.17, 15) is 4.79 Å². The third-order valence-electron chi connectivity index (χ3n) is 4.52. The number of unbranched alkanes of at least 4 members (excludes halogenated alkanes) is 2. The quantitative estimate of drug-likeness (QED) is 0.779. The van der Waals surface area contributed by atoms with E-state index in [-0.39, 0.29) is 11.6 Å². The maximum atomic E-state index is 12.3. The highest BCUT2D eigenvalue weighted by Gasteiger charge is 2.46. The lowest BCUT2D eigenvalue weighted by atomic mass is 9.90. The molecule has 2 aliphatic heterocycles. The first-order valence-corrected chi connectivity index (χ1v) is 7.82. The van der Waals surface area contributed by atoms with Crippen LogP contribution in [0, 0.1) is 0 Å². The number of amides is 1. The van der Waals surface area contributed by atoms with E-state index in [4.69, 9.17) is 4.74 Å². The molecule has 0 saturated carbocycles. The topological polar surface area (TPSA) is 29.5 Å². The molecule has 20 heavy (non-hydrogen) atoms. The second kappa shape index (κ2) is 5.47.